The Bertz CT molecular complexity index is 637. The molecule has 1 aliphatic heterocycles. The molecule has 1 heterocycles. The molecule has 23 heavy (non-hydrogen) atoms. The highest BCUT2D eigenvalue weighted by atomic mass is 16.9. The second-order valence-electron chi connectivity index (χ2n) is 4.70. The van der Waals surface area contributed by atoms with Crippen LogP contribution < -0.4 is 0 Å². The topological polar surface area (TPSA) is 87.9 Å². The molecule has 0 spiro atoms. The lowest BCUT2D eigenvalue weighted by molar-refractivity contribution is -0.737. The van der Waals surface area contributed by atoms with E-state index in [0.717, 1.165) is 6.08 Å². The summed E-state index contributed by atoms with van der Waals surface area (Å²) in [6.45, 7) is 1.79. The van der Waals surface area contributed by atoms with Crippen LogP contribution in [-0.4, -0.2) is 42.4 Å². The second-order valence-corrected chi connectivity index (χ2v) is 4.70. The van der Waals surface area contributed by atoms with Crippen molar-refractivity contribution in [3.8, 4) is 0 Å². The van der Waals surface area contributed by atoms with Gasteiger partial charge in [-0.25, -0.2) is 9.59 Å². The zero-order chi connectivity index (χ0) is 16.8. The second kappa shape index (κ2) is 7.44. The van der Waals surface area contributed by atoms with E-state index in [0.29, 0.717) is 5.56 Å². The average Bonchev–Trinajstić information content (AvgIpc) is 2.90. The Labute approximate surface area is 133 Å². The van der Waals surface area contributed by atoms with Crippen molar-refractivity contribution in [1.29, 1.82) is 0 Å². The molecule has 2 unspecified atom stereocenters. The number of hydrogen-bond acceptors (Lipinski definition) is 6. The van der Waals surface area contributed by atoms with Crippen molar-refractivity contribution in [2.45, 2.75) is 18.9 Å². The summed E-state index contributed by atoms with van der Waals surface area (Å²) in [4.78, 5) is 28.6. The van der Waals surface area contributed by atoms with Gasteiger partial charge in [0.15, 0.2) is 0 Å². The highest BCUT2D eigenvalue weighted by Crippen LogP contribution is 2.30. The standard InChI is InChI=1S/C16H17NO6/c1-3-22-16(19)15-14(11-7-5-4-6-8-11)12(23-17(15)20)9-10-13(18)21-2/h4-10,12,14H,3H2,1-2H3/b10-9-. The quantitative estimate of drug-likeness (QED) is 0.462. The molecule has 0 amide bonds. The minimum absolute atomic E-state index is 0.139. The lowest BCUT2D eigenvalue weighted by atomic mass is 9.89. The van der Waals surface area contributed by atoms with E-state index in [1.54, 1.807) is 31.2 Å². The van der Waals surface area contributed by atoms with Gasteiger partial charge in [0.25, 0.3) is 0 Å². The fraction of sp³-hybridized carbons (Fsp3) is 0.312. The first-order chi connectivity index (χ1) is 11.1. The van der Waals surface area contributed by atoms with Crippen LogP contribution in [0.5, 0.6) is 0 Å². The molecule has 7 nitrogen and oxygen atoms in total. The Hall–Kier alpha value is -2.83. The van der Waals surface area contributed by atoms with Crippen molar-refractivity contribution in [3.05, 3.63) is 53.3 Å². The first-order valence-electron chi connectivity index (χ1n) is 7.07. The summed E-state index contributed by atoms with van der Waals surface area (Å²) in [6, 6.07) is 8.92. The van der Waals surface area contributed by atoms with Crippen LogP contribution >= 0.6 is 0 Å². The number of hydrogen-bond donors (Lipinski definition) is 0. The fourth-order valence-electron chi connectivity index (χ4n) is 2.30. The monoisotopic (exact) mass is 319 g/mol. The molecule has 0 saturated carbocycles. The van der Waals surface area contributed by atoms with Gasteiger partial charge in [0, 0.05) is 6.08 Å². The third-order valence-corrected chi connectivity index (χ3v) is 3.30. The number of benzene rings is 1. The molecule has 0 N–H and O–H groups in total. The molecule has 1 aromatic carbocycles. The van der Waals surface area contributed by atoms with Crippen LogP contribution in [0, 0.1) is 5.21 Å². The van der Waals surface area contributed by atoms with Gasteiger partial charge in [0.1, 0.15) is 12.0 Å². The van der Waals surface area contributed by atoms with Crippen LogP contribution in [0.25, 0.3) is 0 Å². The predicted molar refractivity (Wildman–Crippen MR) is 80.5 cm³/mol. The maximum absolute atomic E-state index is 12.1. The SMILES string of the molecule is CCOC(=O)C1=[N+]([O-])OC(/C=C\C(=O)OC)C1c1ccccc1. The Balaban J connectivity index is 2.37. The Morgan fingerprint density at radius 3 is 2.65 bits per heavy atom. The van der Waals surface area contributed by atoms with E-state index >= 15 is 0 Å². The van der Waals surface area contributed by atoms with Gasteiger partial charge < -0.3 is 14.3 Å². The van der Waals surface area contributed by atoms with E-state index < -0.39 is 24.0 Å². The number of carbonyl (C=O) groups excluding carboxylic acids is 2. The van der Waals surface area contributed by atoms with Crippen molar-refractivity contribution in [3.63, 3.8) is 0 Å². The molecular weight excluding hydrogens is 302 g/mol. The van der Waals surface area contributed by atoms with Crippen LogP contribution in [0.3, 0.4) is 0 Å². The minimum atomic E-state index is -0.812. The zero-order valence-corrected chi connectivity index (χ0v) is 12.8. The highest BCUT2D eigenvalue weighted by molar-refractivity contribution is 6.36. The number of ether oxygens (including phenoxy) is 2. The van der Waals surface area contributed by atoms with E-state index in [-0.39, 0.29) is 17.2 Å². The number of rotatable bonds is 5. The van der Waals surface area contributed by atoms with Gasteiger partial charge in [-0.3, -0.25) is 5.21 Å². The van der Waals surface area contributed by atoms with Crippen molar-refractivity contribution in [2.24, 2.45) is 0 Å². The van der Waals surface area contributed by atoms with Crippen molar-refractivity contribution in [2.75, 3.05) is 13.7 Å². The number of nitrogens with zero attached hydrogens (tertiary/aromatic N) is 1. The van der Waals surface area contributed by atoms with Gasteiger partial charge >= 0.3 is 17.7 Å². The third-order valence-electron chi connectivity index (χ3n) is 3.30. The third kappa shape index (κ3) is 3.68. The first-order valence-corrected chi connectivity index (χ1v) is 7.07. The molecule has 0 aliphatic carbocycles. The zero-order valence-electron chi connectivity index (χ0n) is 12.8. The largest absolute Gasteiger partial charge is 0.466 e. The van der Waals surface area contributed by atoms with Gasteiger partial charge in [-0.2, -0.15) is 0 Å². The Morgan fingerprint density at radius 2 is 2.04 bits per heavy atom. The average molecular weight is 319 g/mol. The van der Waals surface area contributed by atoms with Gasteiger partial charge in [-0.1, -0.05) is 36.4 Å². The van der Waals surface area contributed by atoms with Gasteiger partial charge in [0.2, 0.25) is 0 Å². The molecule has 122 valence electrons. The van der Waals surface area contributed by atoms with E-state index in [9.17, 15) is 14.8 Å². The number of esters is 2. The van der Waals surface area contributed by atoms with Crippen molar-refractivity contribution < 1.29 is 28.8 Å². The number of methoxy groups -OCH3 is 1. The summed E-state index contributed by atoms with van der Waals surface area (Å²) in [5, 5.41) is 12.0. The molecule has 1 aliphatic rings. The van der Waals surface area contributed by atoms with Crippen LogP contribution in [0.4, 0.5) is 0 Å². The highest BCUT2D eigenvalue weighted by Gasteiger charge is 2.45. The van der Waals surface area contributed by atoms with E-state index in [4.69, 9.17) is 9.57 Å². The lowest BCUT2D eigenvalue weighted by Crippen LogP contribution is -2.29. The fourth-order valence-corrected chi connectivity index (χ4v) is 2.30. The molecular formula is C16H17NO6. The summed E-state index contributed by atoms with van der Waals surface area (Å²) >= 11 is 0. The van der Waals surface area contributed by atoms with Crippen LogP contribution in [-0.2, 0) is 23.9 Å². The Morgan fingerprint density at radius 1 is 1.35 bits per heavy atom. The lowest BCUT2D eigenvalue weighted by Gasteiger charge is -2.15. The summed E-state index contributed by atoms with van der Waals surface area (Å²) in [5.74, 6) is -2.00. The molecule has 2 atom stereocenters. The van der Waals surface area contributed by atoms with E-state index in [1.807, 2.05) is 6.07 Å². The minimum Gasteiger partial charge on any atom is -0.466 e. The molecule has 0 saturated heterocycles. The van der Waals surface area contributed by atoms with Crippen molar-refractivity contribution in [1.82, 2.24) is 0 Å². The normalized spacial score (nSPS) is 20.4. The molecule has 2 rings (SSSR count). The summed E-state index contributed by atoms with van der Waals surface area (Å²) in [6.07, 6.45) is 1.73. The van der Waals surface area contributed by atoms with Crippen LogP contribution in [0.2, 0.25) is 0 Å². The van der Waals surface area contributed by atoms with Crippen LogP contribution in [0.1, 0.15) is 18.4 Å². The molecule has 0 bridgehead atoms. The summed E-state index contributed by atoms with van der Waals surface area (Å²) < 4.78 is 9.45. The first kappa shape index (κ1) is 16.5. The molecule has 0 fully saturated rings. The maximum atomic E-state index is 12.1. The van der Waals surface area contributed by atoms with Crippen LogP contribution in [0.15, 0.2) is 42.5 Å². The van der Waals surface area contributed by atoms with Gasteiger partial charge in [-0.05, 0) is 12.5 Å². The summed E-state index contributed by atoms with van der Waals surface area (Å²) in [7, 11) is 1.24. The summed E-state index contributed by atoms with van der Waals surface area (Å²) in [5.41, 5.74) is 0.547. The van der Waals surface area contributed by atoms with E-state index in [1.165, 1.54) is 13.2 Å². The smallest absolute Gasteiger partial charge is 0.405 e. The molecule has 7 heteroatoms. The molecule has 0 radical (unpaired) electrons. The molecule has 0 aromatic heterocycles. The van der Waals surface area contributed by atoms with Gasteiger partial charge in [0.05, 0.1) is 18.6 Å². The van der Waals surface area contributed by atoms with Gasteiger partial charge in [-0.15, -0.1) is 0 Å². The van der Waals surface area contributed by atoms with E-state index in [2.05, 4.69) is 4.74 Å². The number of carbonyl (C=O) groups is 2. The predicted octanol–water partition coefficient (Wildman–Crippen LogP) is 1.33. The van der Waals surface area contributed by atoms with Crippen molar-refractivity contribution >= 4 is 17.7 Å². The Kier molecular flexibility index (Phi) is 5.35. The maximum Gasteiger partial charge on any atom is 0.405 e. The molecule has 1 aromatic rings.